The maximum Gasteiger partial charge on any atom is 1.00 e. The summed E-state index contributed by atoms with van der Waals surface area (Å²) in [4.78, 5) is 30.7. The van der Waals surface area contributed by atoms with Gasteiger partial charge in [0.25, 0.3) is 0 Å². The van der Waals surface area contributed by atoms with E-state index in [2.05, 4.69) is 46.7 Å². The van der Waals surface area contributed by atoms with Crippen molar-refractivity contribution >= 4 is 33.0 Å². The summed E-state index contributed by atoms with van der Waals surface area (Å²) in [7, 11) is -11.7. The zero-order valence-corrected chi connectivity index (χ0v) is 39.4. The van der Waals surface area contributed by atoms with Crippen LogP contribution in [0.4, 0.5) is 0 Å². The predicted molar refractivity (Wildman–Crippen MR) is 112 cm³/mol. The second kappa shape index (κ2) is 46.6. The van der Waals surface area contributed by atoms with Crippen LogP contribution in [-0.2, 0) is 26.9 Å². The van der Waals surface area contributed by atoms with E-state index in [1.165, 1.54) is 11.1 Å². The van der Waals surface area contributed by atoms with E-state index in [4.69, 9.17) is 19.6 Å². The minimum atomic E-state index is -2.92. The fourth-order valence-electron chi connectivity index (χ4n) is 1.19. The van der Waals surface area contributed by atoms with Gasteiger partial charge in [0.15, 0.2) is 8.62 Å². The molecule has 4 unspecified atom stereocenters. The zero-order chi connectivity index (χ0) is 21.9. The first-order valence-corrected chi connectivity index (χ1v) is 11.6. The molecule has 0 heterocycles. The number of hydrogen-bond acceptors (Lipinski definition) is 6. The molecule has 0 saturated carbocycles. The van der Waals surface area contributed by atoms with Gasteiger partial charge in [0.2, 0.25) is 0 Å². The molecule has 2 rings (SSSR count). The second-order valence-corrected chi connectivity index (χ2v) is 7.63. The van der Waals surface area contributed by atoms with Crippen LogP contribution in [0.1, 0.15) is 21.1 Å². The Morgan fingerprint density at radius 3 is 0.714 bits per heavy atom. The second-order valence-electron chi connectivity index (χ2n) is 4.42. The summed E-state index contributed by atoms with van der Waals surface area (Å²) >= 11 is 0. The predicted octanol–water partition coefficient (Wildman–Crippen LogP) is -15.6. The molecular weight excluding hydrogens is 613 g/mol. The monoisotopic (exact) mass is 640 g/mol. The number of benzene rings is 2. The van der Waals surface area contributed by atoms with E-state index in [1.807, 2.05) is 36.4 Å². The largest absolute Gasteiger partial charge is 1.00 e. The average molecular weight is 640 g/mol. The molecule has 0 aliphatic carbocycles. The van der Waals surface area contributed by atoms with Gasteiger partial charge in [0, 0.05) is 18.3 Å². The van der Waals surface area contributed by atoms with Crippen LogP contribution in [0.15, 0.2) is 60.7 Å². The Labute approximate surface area is 374 Å². The van der Waals surface area contributed by atoms with Crippen LogP contribution in [0.5, 0.6) is 0 Å². The molecule has 0 aliphatic heterocycles. The van der Waals surface area contributed by atoms with Gasteiger partial charge in [-0.2, -0.15) is 0 Å². The fraction of sp³-hybridized carbons (Fsp3) is 0.143. The Kier molecular flexibility index (Phi) is 84.8. The van der Waals surface area contributed by atoms with Crippen LogP contribution in [-0.4, -0.2) is 19.6 Å². The van der Waals surface area contributed by atoms with Crippen molar-refractivity contribution in [2.75, 3.05) is 0 Å². The molecule has 0 aromatic heterocycles. The third-order valence-electron chi connectivity index (χ3n) is 2.16. The van der Waals surface area contributed by atoms with Crippen LogP contribution in [0.3, 0.4) is 0 Å². The number of hydrogen-bond donors (Lipinski definition) is 4. The van der Waals surface area contributed by atoms with Crippen molar-refractivity contribution in [3.05, 3.63) is 71.8 Å². The normalized spacial score (nSPS) is 8.86. The van der Waals surface area contributed by atoms with Gasteiger partial charge < -0.3 is 9.99 Å². The first-order chi connectivity index (χ1) is 13.0. The van der Waals surface area contributed by atoms with E-state index in [9.17, 15) is 18.3 Å². The molecule has 2 aromatic rings. The van der Waals surface area contributed by atoms with E-state index in [0.29, 0.717) is 0 Å². The van der Waals surface area contributed by atoms with Crippen LogP contribution in [0.2, 0.25) is 0 Å². The molecule has 166 valence electrons. The molecule has 0 radical (unpaired) electrons. The molecule has 0 fully saturated rings. The number of rotatable bonds is 4. The van der Waals surface area contributed by atoms with Crippen molar-refractivity contribution in [1.82, 2.24) is 0 Å². The molecule has 0 spiro atoms. The molecule has 0 aliphatic rings. The van der Waals surface area contributed by atoms with E-state index in [1.54, 1.807) is 0 Å². The van der Waals surface area contributed by atoms with Crippen LogP contribution < -0.4 is 207 Å². The summed E-state index contributed by atoms with van der Waals surface area (Å²) in [6, 6.07) is 20.5. The van der Waals surface area contributed by atoms with Gasteiger partial charge >= 0.3 is 240 Å². The summed E-state index contributed by atoms with van der Waals surface area (Å²) in [6.07, 6.45) is 0. The maximum atomic E-state index is 9.39. The summed E-state index contributed by atoms with van der Waals surface area (Å²) in [6.45, 7) is 4.17. The number of aryl methyl sites for hydroxylation is 2. The van der Waals surface area contributed by atoms with Crippen LogP contribution in [0.25, 0.3) is 0 Å². The minimum absolute atomic E-state index is 0. The van der Waals surface area contributed by atoms with Gasteiger partial charge in [-0.05, 0) is 13.8 Å². The quantitative estimate of drug-likeness (QED) is 0.186. The molecule has 4 atom stereocenters. The molecule has 2 aromatic carbocycles. The third-order valence-corrected chi connectivity index (χ3v) is 4.40. The van der Waals surface area contributed by atoms with Crippen LogP contribution >= 0.6 is 33.0 Å². The van der Waals surface area contributed by atoms with Crippen molar-refractivity contribution in [2.45, 2.75) is 13.8 Å². The van der Waals surface area contributed by atoms with Crippen molar-refractivity contribution in [3.63, 3.8) is 0 Å². The molecular formula is C14H27Na7O10P4+4. The molecule has 0 bridgehead atoms. The minimum Gasteiger partial charge on any atom is -1.00 e. The summed E-state index contributed by atoms with van der Waals surface area (Å²) in [5.74, 6) is 0. The van der Waals surface area contributed by atoms with Crippen molar-refractivity contribution < 1.29 is 263 Å². The Morgan fingerprint density at radius 1 is 0.486 bits per heavy atom. The summed E-state index contributed by atoms with van der Waals surface area (Å²) in [5.41, 5.74) is 2.64. The maximum absolute atomic E-state index is 9.39. The van der Waals surface area contributed by atoms with Crippen molar-refractivity contribution in [1.29, 1.82) is 0 Å². The van der Waals surface area contributed by atoms with Crippen molar-refractivity contribution in [2.24, 2.45) is 0 Å². The van der Waals surface area contributed by atoms with E-state index in [-0.39, 0.29) is 217 Å². The first kappa shape index (κ1) is 63.8. The van der Waals surface area contributed by atoms with E-state index >= 15 is 0 Å². The van der Waals surface area contributed by atoms with Gasteiger partial charge in [-0.15, -0.1) is 19.6 Å². The fourth-order valence-corrected chi connectivity index (χ4v) is 2.14. The Hall–Kier alpha value is 5.60. The molecule has 0 amide bonds. The van der Waals surface area contributed by atoms with Gasteiger partial charge in [0.05, 0.1) is 0 Å². The van der Waals surface area contributed by atoms with Gasteiger partial charge in [-0.1, -0.05) is 71.8 Å². The van der Waals surface area contributed by atoms with Gasteiger partial charge in [-0.3, -0.25) is 0 Å². The molecule has 21 heteroatoms. The van der Waals surface area contributed by atoms with Crippen LogP contribution in [0, 0.1) is 13.8 Å². The SMILES string of the molecule is Cc1ccccc1.Cc1ccccc1.O=[P+](O)O[P+](=O)O.O=[P+](O)O[P+](=O)O.[H-].[H-].[H-].[H-].[H-].[H-].[H-].[Na+].[Na+].[Na+].[Na+].[Na+].[Na+].[Na+]. The third kappa shape index (κ3) is 63.9. The smallest absolute Gasteiger partial charge is 1.00 e. The van der Waals surface area contributed by atoms with E-state index < -0.39 is 33.0 Å². The Balaban J connectivity index is -0.0000000138. The van der Waals surface area contributed by atoms with Gasteiger partial charge in [0.1, 0.15) is 0 Å². The summed E-state index contributed by atoms with van der Waals surface area (Å²) in [5, 5.41) is 0. The Morgan fingerprint density at radius 2 is 0.657 bits per heavy atom. The van der Waals surface area contributed by atoms with Crippen molar-refractivity contribution in [3.8, 4) is 0 Å². The molecule has 4 N–H and O–H groups in total. The summed E-state index contributed by atoms with van der Waals surface area (Å²) < 4.78 is 44.3. The van der Waals surface area contributed by atoms with E-state index in [0.717, 1.165) is 0 Å². The Bertz CT molecular complexity index is 692. The zero-order valence-electron chi connectivity index (χ0n) is 28.8. The molecule has 35 heavy (non-hydrogen) atoms. The van der Waals surface area contributed by atoms with Gasteiger partial charge in [-0.25, -0.2) is 0 Å². The topological polar surface area (TPSA) is 168 Å². The molecule has 0 saturated heterocycles. The standard InChI is InChI=1S/2C7H8.7Na.2O5P2.7H/c2*1-7-5-3-2-4-6-7;;;;;;;;2*1-6(2)5-7(3)4;;;;;;;/h2*2-6H,1H3;;;;;;;;;;;;;;;;/q;;7*+1;;;7*-1/p+4. The molecule has 10 nitrogen and oxygen atoms in total. The average Bonchev–Trinajstić information content (AvgIpc) is 2.55. The first-order valence-electron chi connectivity index (χ1n) is 7.08.